The summed E-state index contributed by atoms with van der Waals surface area (Å²) in [5.74, 6) is 0.620. The van der Waals surface area contributed by atoms with Gasteiger partial charge in [0.2, 0.25) is 0 Å². The molecule has 1 fully saturated rings. The van der Waals surface area contributed by atoms with Gasteiger partial charge >= 0.3 is 5.97 Å². The summed E-state index contributed by atoms with van der Waals surface area (Å²) in [5, 5.41) is 3.40. The van der Waals surface area contributed by atoms with E-state index in [1.54, 1.807) is 7.11 Å². The molecule has 0 amide bonds. The number of carbonyl (C=O) groups is 1. The molecule has 1 N–H and O–H groups in total. The highest BCUT2D eigenvalue weighted by Gasteiger charge is 2.20. The predicted molar refractivity (Wildman–Crippen MR) is 70.5 cm³/mol. The van der Waals surface area contributed by atoms with Crippen LogP contribution in [-0.2, 0) is 14.3 Å². The number of nitrogens with zero attached hydrogens (tertiary/aromatic N) is 1. The van der Waals surface area contributed by atoms with Gasteiger partial charge in [0.1, 0.15) is 0 Å². The van der Waals surface area contributed by atoms with Crippen LogP contribution in [0.1, 0.15) is 19.8 Å². The summed E-state index contributed by atoms with van der Waals surface area (Å²) in [6.45, 7) is 7.48. The summed E-state index contributed by atoms with van der Waals surface area (Å²) in [4.78, 5) is 13.5. The number of rotatable bonds is 8. The number of hydrogen-bond donors (Lipinski definition) is 1. The number of likely N-dealkylation sites (tertiary alicyclic amines) is 1. The van der Waals surface area contributed by atoms with E-state index in [2.05, 4.69) is 10.2 Å². The van der Waals surface area contributed by atoms with Crippen LogP contribution in [0.15, 0.2) is 0 Å². The Morgan fingerprint density at radius 3 is 2.72 bits per heavy atom. The van der Waals surface area contributed by atoms with Crippen LogP contribution in [0, 0.1) is 5.92 Å². The van der Waals surface area contributed by atoms with E-state index in [4.69, 9.17) is 9.47 Å². The van der Waals surface area contributed by atoms with E-state index in [-0.39, 0.29) is 5.97 Å². The maximum Gasteiger partial charge on any atom is 0.320 e. The summed E-state index contributed by atoms with van der Waals surface area (Å²) in [7, 11) is 1.72. The van der Waals surface area contributed by atoms with Gasteiger partial charge < -0.3 is 14.8 Å². The van der Waals surface area contributed by atoms with Crippen LogP contribution in [-0.4, -0.2) is 63.9 Å². The van der Waals surface area contributed by atoms with E-state index in [1.165, 1.54) is 0 Å². The highest BCUT2D eigenvalue weighted by molar-refractivity contribution is 5.71. The fraction of sp³-hybridized carbons (Fsp3) is 0.923. The average Bonchev–Trinajstić information content (AvgIpc) is 2.37. The van der Waals surface area contributed by atoms with E-state index in [1.807, 2.05) is 6.92 Å². The molecule has 0 saturated carbocycles. The molecule has 18 heavy (non-hydrogen) atoms. The first-order chi connectivity index (χ1) is 8.76. The van der Waals surface area contributed by atoms with Gasteiger partial charge in [-0.2, -0.15) is 0 Å². The van der Waals surface area contributed by atoms with Crippen LogP contribution < -0.4 is 5.32 Å². The quantitative estimate of drug-likeness (QED) is 0.507. The lowest BCUT2D eigenvalue weighted by Gasteiger charge is -2.31. The van der Waals surface area contributed by atoms with E-state index in [0.29, 0.717) is 13.2 Å². The topological polar surface area (TPSA) is 50.8 Å². The summed E-state index contributed by atoms with van der Waals surface area (Å²) < 4.78 is 9.95. The number of piperidine rings is 1. The number of ether oxygens (including phenoxy) is 2. The molecule has 0 bridgehead atoms. The Morgan fingerprint density at radius 2 is 2.11 bits per heavy atom. The van der Waals surface area contributed by atoms with E-state index in [9.17, 15) is 4.79 Å². The molecule has 1 heterocycles. The van der Waals surface area contributed by atoms with Crippen molar-refractivity contribution in [2.24, 2.45) is 5.92 Å². The number of nitrogens with one attached hydrogen (secondary N) is 1. The lowest BCUT2D eigenvalue weighted by atomic mass is 9.97. The fourth-order valence-corrected chi connectivity index (χ4v) is 2.22. The third kappa shape index (κ3) is 6.33. The summed E-state index contributed by atoms with van der Waals surface area (Å²) >= 11 is 0. The zero-order chi connectivity index (χ0) is 13.2. The normalized spacial score (nSPS) is 17.9. The van der Waals surface area contributed by atoms with E-state index >= 15 is 0 Å². The van der Waals surface area contributed by atoms with Crippen LogP contribution in [0.4, 0.5) is 0 Å². The Balaban J connectivity index is 2.07. The van der Waals surface area contributed by atoms with Crippen molar-refractivity contribution in [3.63, 3.8) is 0 Å². The third-order valence-electron chi connectivity index (χ3n) is 3.28. The van der Waals surface area contributed by atoms with Gasteiger partial charge in [-0.3, -0.25) is 9.69 Å². The standard InChI is InChI=1S/C13H26N2O3/c1-3-18-13(16)11-15-7-4-12(5-8-15)10-14-6-9-17-2/h12,14H,3-11H2,1-2H3. The van der Waals surface area contributed by atoms with Crippen molar-refractivity contribution in [1.29, 1.82) is 0 Å². The van der Waals surface area contributed by atoms with Crippen molar-refractivity contribution in [2.75, 3.05) is 53.0 Å². The Morgan fingerprint density at radius 1 is 1.39 bits per heavy atom. The molecular formula is C13H26N2O3. The second kappa shape index (κ2) is 9.30. The first-order valence-corrected chi connectivity index (χ1v) is 6.84. The van der Waals surface area contributed by atoms with Gasteiger partial charge in [-0.15, -0.1) is 0 Å². The molecule has 0 aromatic heterocycles. The molecule has 5 heteroatoms. The molecule has 0 atom stereocenters. The summed E-state index contributed by atoms with van der Waals surface area (Å²) in [6.07, 6.45) is 2.30. The van der Waals surface area contributed by atoms with Crippen LogP contribution in [0.3, 0.4) is 0 Å². The molecular weight excluding hydrogens is 232 g/mol. The van der Waals surface area contributed by atoms with Crippen LogP contribution in [0.5, 0.6) is 0 Å². The summed E-state index contributed by atoms with van der Waals surface area (Å²) in [5.41, 5.74) is 0. The molecule has 0 aliphatic carbocycles. The van der Waals surface area contributed by atoms with Gasteiger partial charge in [0.25, 0.3) is 0 Å². The first-order valence-electron chi connectivity index (χ1n) is 6.84. The molecule has 0 unspecified atom stereocenters. The molecule has 106 valence electrons. The second-order valence-corrected chi connectivity index (χ2v) is 4.72. The van der Waals surface area contributed by atoms with Gasteiger partial charge in [-0.25, -0.2) is 0 Å². The van der Waals surface area contributed by atoms with Crippen molar-refractivity contribution in [2.45, 2.75) is 19.8 Å². The largest absolute Gasteiger partial charge is 0.465 e. The van der Waals surface area contributed by atoms with Gasteiger partial charge in [0.05, 0.1) is 19.8 Å². The van der Waals surface area contributed by atoms with Gasteiger partial charge in [-0.1, -0.05) is 0 Å². The maximum absolute atomic E-state index is 11.3. The molecule has 0 aromatic carbocycles. The molecule has 1 aliphatic rings. The van der Waals surface area contributed by atoms with Crippen molar-refractivity contribution in [1.82, 2.24) is 10.2 Å². The lowest BCUT2D eigenvalue weighted by Crippen LogP contribution is -2.40. The minimum absolute atomic E-state index is 0.103. The van der Waals surface area contributed by atoms with Gasteiger partial charge in [0, 0.05) is 13.7 Å². The SMILES string of the molecule is CCOC(=O)CN1CCC(CNCCOC)CC1. The smallest absolute Gasteiger partial charge is 0.320 e. The molecule has 5 nitrogen and oxygen atoms in total. The summed E-state index contributed by atoms with van der Waals surface area (Å²) in [6, 6.07) is 0. The Labute approximate surface area is 110 Å². The fourth-order valence-electron chi connectivity index (χ4n) is 2.22. The van der Waals surface area contributed by atoms with E-state index < -0.39 is 0 Å². The van der Waals surface area contributed by atoms with Crippen LogP contribution >= 0.6 is 0 Å². The first kappa shape index (κ1) is 15.4. The van der Waals surface area contributed by atoms with Crippen LogP contribution in [0.2, 0.25) is 0 Å². The average molecular weight is 258 g/mol. The minimum Gasteiger partial charge on any atom is -0.465 e. The number of esters is 1. The highest BCUT2D eigenvalue weighted by Crippen LogP contribution is 2.15. The number of methoxy groups -OCH3 is 1. The lowest BCUT2D eigenvalue weighted by molar-refractivity contribution is -0.144. The third-order valence-corrected chi connectivity index (χ3v) is 3.28. The minimum atomic E-state index is -0.103. The van der Waals surface area contributed by atoms with Crippen molar-refractivity contribution in [3.05, 3.63) is 0 Å². The molecule has 0 spiro atoms. The van der Waals surface area contributed by atoms with Gasteiger partial charge in [-0.05, 0) is 45.3 Å². The Kier molecular flexibility index (Phi) is 7.96. The molecule has 1 saturated heterocycles. The van der Waals surface area contributed by atoms with Gasteiger partial charge in [0.15, 0.2) is 0 Å². The Bertz CT molecular complexity index is 228. The molecule has 1 rings (SSSR count). The van der Waals surface area contributed by atoms with E-state index in [0.717, 1.165) is 51.5 Å². The van der Waals surface area contributed by atoms with Crippen molar-refractivity contribution < 1.29 is 14.3 Å². The van der Waals surface area contributed by atoms with Crippen LogP contribution in [0.25, 0.3) is 0 Å². The predicted octanol–water partition coefficient (Wildman–Crippen LogP) is 0.498. The van der Waals surface area contributed by atoms with Crippen molar-refractivity contribution in [3.8, 4) is 0 Å². The molecule has 0 aromatic rings. The van der Waals surface area contributed by atoms with Crippen molar-refractivity contribution >= 4 is 5.97 Å². The second-order valence-electron chi connectivity index (χ2n) is 4.72. The monoisotopic (exact) mass is 258 g/mol. The highest BCUT2D eigenvalue weighted by atomic mass is 16.5. The number of hydrogen-bond acceptors (Lipinski definition) is 5. The molecule has 0 radical (unpaired) electrons. The zero-order valence-electron chi connectivity index (χ0n) is 11.6. The maximum atomic E-state index is 11.3. The zero-order valence-corrected chi connectivity index (χ0v) is 11.6. The number of carbonyl (C=O) groups excluding carboxylic acids is 1. The Hall–Kier alpha value is -0.650. The molecule has 1 aliphatic heterocycles.